The minimum absolute atomic E-state index is 0.181. The molecule has 158 valence electrons. The Kier molecular flexibility index (Phi) is 5.60. The third-order valence-corrected chi connectivity index (χ3v) is 6.54. The Labute approximate surface area is 174 Å². The Morgan fingerprint density at radius 3 is 2.59 bits per heavy atom. The largest absolute Gasteiger partial charge is 0.444 e. The Bertz CT molecular complexity index is 859. The fourth-order valence-electron chi connectivity index (χ4n) is 4.83. The number of likely N-dealkylation sites (N-methyl/N-ethyl adjacent to an activating group) is 1. The second-order valence-corrected chi connectivity index (χ2v) is 9.84. The van der Waals surface area contributed by atoms with Gasteiger partial charge in [0.05, 0.1) is 0 Å². The molecule has 5 nitrogen and oxygen atoms in total. The van der Waals surface area contributed by atoms with E-state index in [0.29, 0.717) is 12.0 Å². The molecule has 1 unspecified atom stereocenters. The second-order valence-electron chi connectivity index (χ2n) is 9.84. The first-order valence-electron chi connectivity index (χ1n) is 11.1. The molecule has 0 spiro atoms. The molecule has 0 radical (unpaired) electrons. The number of aromatic nitrogens is 1. The van der Waals surface area contributed by atoms with Gasteiger partial charge in [0.15, 0.2) is 0 Å². The lowest BCUT2D eigenvalue weighted by molar-refractivity contribution is 0.0205. The van der Waals surface area contributed by atoms with Gasteiger partial charge in [0.2, 0.25) is 0 Å². The van der Waals surface area contributed by atoms with E-state index >= 15 is 0 Å². The number of carbonyl (C=O) groups is 1. The third-order valence-electron chi connectivity index (χ3n) is 6.54. The molecule has 4 rings (SSSR count). The first-order valence-corrected chi connectivity index (χ1v) is 11.1. The molecule has 29 heavy (non-hydrogen) atoms. The molecule has 1 aromatic carbocycles. The lowest BCUT2D eigenvalue weighted by atomic mass is 9.88. The Morgan fingerprint density at radius 1 is 1.17 bits per heavy atom. The number of ether oxygens (including phenoxy) is 1. The summed E-state index contributed by atoms with van der Waals surface area (Å²) in [6.07, 6.45) is 7.74. The van der Waals surface area contributed by atoms with Crippen molar-refractivity contribution in [3.05, 3.63) is 35.5 Å². The van der Waals surface area contributed by atoms with Crippen LogP contribution in [0, 0.1) is 0 Å². The maximum atomic E-state index is 12.3. The number of benzene rings is 1. The minimum atomic E-state index is -0.433. The SMILES string of the molecule is CN1CCCC1Cc1c[nH]c2ccc(C3CCN(C(=O)OC(C)(C)C)CC3)cc12. The Morgan fingerprint density at radius 2 is 1.93 bits per heavy atom. The molecule has 1 amide bonds. The molecule has 1 aromatic heterocycles. The fraction of sp³-hybridized carbons (Fsp3) is 0.625. The number of nitrogens with one attached hydrogen (secondary N) is 1. The number of nitrogens with zero attached hydrogens (tertiary/aromatic N) is 2. The molecule has 2 aliphatic rings. The highest BCUT2D eigenvalue weighted by atomic mass is 16.6. The minimum Gasteiger partial charge on any atom is -0.444 e. The van der Waals surface area contributed by atoms with Gasteiger partial charge in [0, 0.05) is 36.2 Å². The number of hydrogen-bond donors (Lipinski definition) is 1. The van der Waals surface area contributed by atoms with Crippen LogP contribution in [0.15, 0.2) is 24.4 Å². The summed E-state index contributed by atoms with van der Waals surface area (Å²) < 4.78 is 5.53. The molecule has 3 heterocycles. The van der Waals surface area contributed by atoms with Crippen LogP contribution in [0.4, 0.5) is 4.79 Å². The lowest BCUT2D eigenvalue weighted by Gasteiger charge is -2.33. The standard InChI is InChI=1S/C24H35N3O2/c1-24(2,3)29-23(28)27-12-9-17(10-13-27)18-7-8-22-21(15-18)19(16-25-22)14-20-6-5-11-26(20)4/h7-8,15-17,20,25H,5-6,9-14H2,1-4H3. The van der Waals surface area contributed by atoms with Crippen LogP contribution in [0.2, 0.25) is 0 Å². The first-order chi connectivity index (χ1) is 13.8. The summed E-state index contributed by atoms with van der Waals surface area (Å²) in [6.45, 7) is 8.52. The Hall–Kier alpha value is -2.01. The van der Waals surface area contributed by atoms with Crippen LogP contribution in [0.1, 0.15) is 63.5 Å². The van der Waals surface area contributed by atoms with Crippen LogP contribution in [0.5, 0.6) is 0 Å². The topological polar surface area (TPSA) is 48.6 Å². The van der Waals surface area contributed by atoms with E-state index in [9.17, 15) is 4.79 Å². The molecule has 0 aliphatic carbocycles. The van der Waals surface area contributed by atoms with Gasteiger partial charge in [-0.3, -0.25) is 0 Å². The van der Waals surface area contributed by atoms with Crippen LogP contribution in [-0.4, -0.2) is 59.2 Å². The molecular weight excluding hydrogens is 362 g/mol. The molecule has 2 saturated heterocycles. The van der Waals surface area contributed by atoms with Crippen LogP contribution in [0.3, 0.4) is 0 Å². The maximum absolute atomic E-state index is 12.3. The van der Waals surface area contributed by atoms with E-state index in [0.717, 1.165) is 32.4 Å². The molecule has 5 heteroatoms. The van der Waals surface area contributed by atoms with Crippen molar-refractivity contribution in [3.63, 3.8) is 0 Å². The number of hydrogen-bond acceptors (Lipinski definition) is 3. The van der Waals surface area contributed by atoms with Gasteiger partial charge in [0.1, 0.15) is 5.60 Å². The van der Waals surface area contributed by atoms with Gasteiger partial charge < -0.3 is 19.5 Å². The molecule has 1 N–H and O–H groups in total. The lowest BCUT2D eigenvalue weighted by Crippen LogP contribution is -2.41. The zero-order valence-corrected chi connectivity index (χ0v) is 18.3. The van der Waals surface area contributed by atoms with E-state index in [1.165, 1.54) is 41.4 Å². The van der Waals surface area contributed by atoms with Crippen molar-refractivity contribution in [2.75, 3.05) is 26.7 Å². The van der Waals surface area contributed by atoms with Crippen molar-refractivity contribution < 1.29 is 9.53 Å². The fourth-order valence-corrected chi connectivity index (χ4v) is 4.83. The summed E-state index contributed by atoms with van der Waals surface area (Å²) in [5, 5.41) is 1.37. The molecule has 2 fully saturated rings. The van der Waals surface area contributed by atoms with E-state index in [1.807, 2.05) is 25.7 Å². The van der Waals surface area contributed by atoms with Crippen molar-refractivity contribution in [2.45, 2.75) is 70.4 Å². The third kappa shape index (κ3) is 4.61. The molecule has 2 aliphatic heterocycles. The first kappa shape index (κ1) is 20.3. The zero-order chi connectivity index (χ0) is 20.6. The second kappa shape index (κ2) is 8.02. The average Bonchev–Trinajstić information content (AvgIpc) is 3.27. The monoisotopic (exact) mass is 397 g/mol. The normalized spacial score (nSPS) is 21.8. The highest BCUT2D eigenvalue weighted by molar-refractivity contribution is 5.84. The molecular formula is C24H35N3O2. The van der Waals surface area contributed by atoms with Crippen molar-refractivity contribution in [1.82, 2.24) is 14.8 Å². The summed E-state index contributed by atoms with van der Waals surface area (Å²) in [5.74, 6) is 0.509. The molecule has 0 bridgehead atoms. The summed E-state index contributed by atoms with van der Waals surface area (Å²) in [7, 11) is 2.25. The van der Waals surface area contributed by atoms with Crippen LogP contribution < -0.4 is 0 Å². The summed E-state index contributed by atoms with van der Waals surface area (Å²) in [5.41, 5.74) is 3.64. The summed E-state index contributed by atoms with van der Waals surface area (Å²) in [4.78, 5) is 20.1. The molecule has 0 saturated carbocycles. The van der Waals surface area contributed by atoms with Gasteiger partial charge >= 0.3 is 6.09 Å². The highest BCUT2D eigenvalue weighted by Gasteiger charge is 2.28. The van der Waals surface area contributed by atoms with Gasteiger partial charge in [-0.1, -0.05) is 6.07 Å². The number of carbonyl (C=O) groups excluding carboxylic acids is 1. The smallest absolute Gasteiger partial charge is 0.410 e. The van der Waals surface area contributed by atoms with Crippen molar-refractivity contribution in [1.29, 1.82) is 0 Å². The number of piperidine rings is 1. The van der Waals surface area contributed by atoms with Crippen molar-refractivity contribution >= 4 is 17.0 Å². The number of amides is 1. The Balaban J connectivity index is 1.43. The van der Waals surface area contributed by atoms with Crippen LogP contribution >= 0.6 is 0 Å². The predicted octanol–water partition coefficient (Wildman–Crippen LogP) is 4.92. The van der Waals surface area contributed by atoms with Gasteiger partial charge in [0.25, 0.3) is 0 Å². The van der Waals surface area contributed by atoms with Gasteiger partial charge in [-0.15, -0.1) is 0 Å². The van der Waals surface area contributed by atoms with Gasteiger partial charge in [-0.25, -0.2) is 4.79 Å². The summed E-state index contributed by atoms with van der Waals surface area (Å²) >= 11 is 0. The predicted molar refractivity (Wildman–Crippen MR) is 117 cm³/mol. The van der Waals surface area contributed by atoms with Gasteiger partial charge in [-0.05, 0) is 95.6 Å². The van der Waals surface area contributed by atoms with E-state index < -0.39 is 5.60 Å². The summed E-state index contributed by atoms with van der Waals surface area (Å²) in [6, 6.07) is 7.55. The van der Waals surface area contributed by atoms with Gasteiger partial charge in [-0.2, -0.15) is 0 Å². The average molecular weight is 398 g/mol. The zero-order valence-electron chi connectivity index (χ0n) is 18.3. The molecule has 1 atom stereocenters. The number of fused-ring (bicyclic) bond motifs is 1. The van der Waals surface area contributed by atoms with Crippen LogP contribution in [0.25, 0.3) is 10.9 Å². The van der Waals surface area contributed by atoms with E-state index in [-0.39, 0.29) is 6.09 Å². The molecule has 2 aromatic rings. The number of likely N-dealkylation sites (tertiary alicyclic amines) is 2. The van der Waals surface area contributed by atoms with Crippen LogP contribution in [-0.2, 0) is 11.2 Å². The quantitative estimate of drug-likeness (QED) is 0.800. The van der Waals surface area contributed by atoms with Crippen molar-refractivity contribution in [3.8, 4) is 0 Å². The number of aromatic amines is 1. The highest BCUT2D eigenvalue weighted by Crippen LogP contribution is 2.32. The van der Waals surface area contributed by atoms with E-state index in [1.54, 1.807) is 0 Å². The van der Waals surface area contributed by atoms with E-state index in [4.69, 9.17) is 4.74 Å². The van der Waals surface area contributed by atoms with Crippen molar-refractivity contribution in [2.24, 2.45) is 0 Å². The van der Waals surface area contributed by atoms with E-state index in [2.05, 4.69) is 41.3 Å². The number of rotatable bonds is 3. The number of H-pyrrole nitrogens is 1. The maximum Gasteiger partial charge on any atom is 0.410 e.